The lowest BCUT2D eigenvalue weighted by molar-refractivity contribution is 0.166. The number of aliphatic hydroxyl groups excluding tert-OH is 1. The molecule has 5 heteroatoms. The van der Waals surface area contributed by atoms with Crippen molar-refractivity contribution in [3.05, 3.63) is 29.8 Å². The first-order valence-corrected chi connectivity index (χ1v) is 9.46. The van der Waals surface area contributed by atoms with E-state index in [1.54, 1.807) is 0 Å². The molecule has 0 bridgehead atoms. The molecule has 1 aliphatic carbocycles. The molecule has 1 fully saturated rings. The standard InChI is InChI=1S/C18H28Cl2N2O/c1-3-22(4-2)15-7-5-6-13(10-15)18(23)12-21-17-9-8-14(19)11-16(17)20/h5-7,10,14,16-18,21,23H,3-4,8-9,11-12H2,1-2H3. The number of anilines is 1. The van der Waals surface area contributed by atoms with Crippen molar-refractivity contribution in [2.75, 3.05) is 24.5 Å². The molecule has 4 atom stereocenters. The lowest BCUT2D eigenvalue weighted by atomic mass is 9.94. The molecule has 0 radical (unpaired) electrons. The van der Waals surface area contributed by atoms with Crippen molar-refractivity contribution in [1.29, 1.82) is 0 Å². The van der Waals surface area contributed by atoms with Gasteiger partial charge in [-0.25, -0.2) is 0 Å². The number of halogens is 2. The van der Waals surface area contributed by atoms with Crippen LogP contribution in [0.15, 0.2) is 24.3 Å². The molecule has 23 heavy (non-hydrogen) atoms. The van der Waals surface area contributed by atoms with E-state index in [1.807, 2.05) is 12.1 Å². The Labute approximate surface area is 150 Å². The molecule has 1 aliphatic rings. The van der Waals surface area contributed by atoms with E-state index >= 15 is 0 Å². The quantitative estimate of drug-likeness (QED) is 0.725. The highest BCUT2D eigenvalue weighted by molar-refractivity contribution is 6.24. The van der Waals surface area contributed by atoms with E-state index < -0.39 is 6.10 Å². The maximum absolute atomic E-state index is 10.5. The van der Waals surface area contributed by atoms with Crippen molar-refractivity contribution >= 4 is 28.9 Å². The van der Waals surface area contributed by atoms with Gasteiger partial charge in [-0.2, -0.15) is 0 Å². The first-order valence-electron chi connectivity index (χ1n) is 8.59. The zero-order valence-corrected chi connectivity index (χ0v) is 15.5. The fourth-order valence-corrected chi connectivity index (χ4v) is 4.04. The summed E-state index contributed by atoms with van der Waals surface area (Å²) >= 11 is 12.5. The number of hydrogen-bond acceptors (Lipinski definition) is 3. The van der Waals surface area contributed by atoms with Crippen LogP contribution < -0.4 is 10.2 Å². The van der Waals surface area contributed by atoms with E-state index in [2.05, 4.69) is 36.2 Å². The Hall–Kier alpha value is -0.480. The first kappa shape index (κ1) is 18.9. The van der Waals surface area contributed by atoms with Crippen LogP contribution in [0.3, 0.4) is 0 Å². The van der Waals surface area contributed by atoms with Crippen LogP contribution in [-0.2, 0) is 0 Å². The van der Waals surface area contributed by atoms with Crippen LogP contribution in [0.1, 0.15) is 44.8 Å². The van der Waals surface area contributed by atoms with Gasteiger partial charge in [-0.15, -0.1) is 23.2 Å². The van der Waals surface area contributed by atoms with Gasteiger partial charge in [0.1, 0.15) is 0 Å². The molecule has 3 nitrogen and oxygen atoms in total. The van der Waals surface area contributed by atoms with Gasteiger partial charge < -0.3 is 15.3 Å². The molecule has 0 amide bonds. The highest BCUT2D eigenvalue weighted by atomic mass is 35.5. The minimum Gasteiger partial charge on any atom is -0.387 e. The average Bonchev–Trinajstić information content (AvgIpc) is 2.55. The number of aliphatic hydroxyl groups is 1. The molecule has 130 valence electrons. The van der Waals surface area contributed by atoms with E-state index in [4.69, 9.17) is 23.2 Å². The Morgan fingerprint density at radius 2 is 2.00 bits per heavy atom. The van der Waals surface area contributed by atoms with Crippen molar-refractivity contribution in [1.82, 2.24) is 5.32 Å². The number of nitrogens with one attached hydrogen (secondary N) is 1. The molecule has 0 heterocycles. The second kappa shape index (κ2) is 9.12. The minimum atomic E-state index is -0.525. The number of benzene rings is 1. The predicted octanol–water partition coefficient (Wildman–Crippen LogP) is 3.92. The van der Waals surface area contributed by atoms with Crippen molar-refractivity contribution in [2.45, 2.75) is 56.0 Å². The molecule has 2 N–H and O–H groups in total. The van der Waals surface area contributed by atoms with E-state index in [0.29, 0.717) is 6.54 Å². The normalized spacial score (nSPS) is 26.0. The van der Waals surface area contributed by atoms with E-state index in [0.717, 1.165) is 43.6 Å². The van der Waals surface area contributed by atoms with Crippen LogP contribution in [0, 0.1) is 0 Å². The van der Waals surface area contributed by atoms with Gasteiger partial charge in [0, 0.05) is 36.7 Å². The molecule has 1 aromatic carbocycles. The Bertz CT molecular complexity index is 482. The summed E-state index contributed by atoms with van der Waals surface area (Å²) in [6, 6.07) is 8.38. The van der Waals surface area contributed by atoms with Gasteiger partial charge in [-0.3, -0.25) is 0 Å². The van der Waals surface area contributed by atoms with E-state index in [-0.39, 0.29) is 16.8 Å². The monoisotopic (exact) mass is 358 g/mol. The molecular formula is C18H28Cl2N2O. The zero-order valence-electron chi connectivity index (χ0n) is 14.0. The summed E-state index contributed by atoms with van der Waals surface area (Å²) in [5.74, 6) is 0. The lowest BCUT2D eigenvalue weighted by Crippen LogP contribution is -2.43. The fraction of sp³-hybridized carbons (Fsp3) is 0.667. The number of nitrogens with zero attached hydrogens (tertiary/aromatic N) is 1. The molecule has 1 saturated carbocycles. The SMILES string of the molecule is CCN(CC)c1cccc(C(O)CNC2CCC(Cl)CC2Cl)c1. The summed E-state index contributed by atoms with van der Waals surface area (Å²) in [5.41, 5.74) is 2.10. The van der Waals surface area contributed by atoms with Gasteiger partial charge in [0.25, 0.3) is 0 Å². The molecule has 0 aromatic heterocycles. The topological polar surface area (TPSA) is 35.5 Å². The third-order valence-electron chi connectivity index (χ3n) is 4.67. The van der Waals surface area contributed by atoms with Crippen LogP contribution in [-0.4, -0.2) is 41.5 Å². The first-order chi connectivity index (χ1) is 11.0. The molecule has 0 spiro atoms. The molecule has 4 unspecified atom stereocenters. The second-order valence-corrected chi connectivity index (χ2v) is 7.40. The van der Waals surface area contributed by atoms with E-state index in [1.165, 1.54) is 0 Å². The average molecular weight is 359 g/mol. The molecule has 2 rings (SSSR count). The summed E-state index contributed by atoms with van der Waals surface area (Å²) in [6.07, 6.45) is 2.25. The fourth-order valence-electron chi connectivity index (χ4n) is 3.20. The summed E-state index contributed by atoms with van der Waals surface area (Å²) in [7, 11) is 0. The van der Waals surface area contributed by atoms with Crippen LogP contribution >= 0.6 is 23.2 Å². The predicted molar refractivity (Wildman–Crippen MR) is 99.9 cm³/mol. The summed E-state index contributed by atoms with van der Waals surface area (Å²) in [4.78, 5) is 2.28. The largest absolute Gasteiger partial charge is 0.387 e. The van der Waals surface area contributed by atoms with Crippen LogP contribution in [0.5, 0.6) is 0 Å². The maximum atomic E-state index is 10.5. The zero-order chi connectivity index (χ0) is 16.8. The van der Waals surface area contributed by atoms with Gasteiger partial charge in [-0.1, -0.05) is 12.1 Å². The van der Waals surface area contributed by atoms with Gasteiger partial charge in [-0.05, 0) is 50.8 Å². The molecule has 0 saturated heterocycles. The molecule has 0 aliphatic heterocycles. The van der Waals surface area contributed by atoms with Crippen LogP contribution in [0.4, 0.5) is 5.69 Å². The molecule has 1 aromatic rings. The maximum Gasteiger partial charge on any atom is 0.0915 e. The van der Waals surface area contributed by atoms with Gasteiger partial charge >= 0.3 is 0 Å². The minimum absolute atomic E-state index is 0.0421. The Morgan fingerprint density at radius 1 is 1.26 bits per heavy atom. The van der Waals surface area contributed by atoms with Crippen LogP contribution in [0.25, 0.3) is 0 Å². The Balaban J connectivity index is 1.93. The summed E-state index contributed by atoms with van der Waals surface area (Å²) in [6.45, 7) is 6.72. The Morgan fingerprint density at radius 3 is 2.65 bits per heavy atom. The van der Waals surface area contributed by atoms with Crippen molar-refractivity contribution < 1.29 is 5.11 Å². The highest BCUT2D eigenvalue weighted by Crippen LogP contribution is 2.28. The van der Waals surface area contributed by atoms with E-state index in [9.17, 15) is 5.11 Å². The van der Waals surface area contributed by atoms with Crippen LogP contribution in [0.2, 0.25) is 0 Å². The smallest absolute Gasteiger partial charge is 0.0915 e. The van der Waals surface area contributed by atoms with Crippen molar-refractivity contribution in [2.24, 2.45) is 0 Å². The Kier molecular flexibility index (Phi) is 7.48. The van der Waals surface area contributed by atoms with Gasteiger partial charge in [0.15, 0.2) is 0 Å². The third-order valence-corrected chi connectivity index (χ3v) is 5.54. The highest BCUT2D eigenvalue weighted by Gasteiger charge is 2.28. The van der Waals surface area contributed by atoms with Crippen molar-refractivity contribution in [3.8, 4) is 0 Å². The van der Waals surface area contributed by atoms with Gasteiger partial charge in [0.05, 0.1) is 11.5 Å². The summed E-state index contributed by atoms with van der Waals surface area (Å²) < 4.78 is 0. The molecular weight excluding hydrogens is 331 g/mol. The van der Waals surface area contributed by atoms with Crippen molar-refractivity contribution in [3.63, 3.8) is 0 Å². The second-order valence-electron chi connectivity index (χ2n) is 6.22. The van der Waals surface area contributed by atoms with Gasteiger partial charge in [0.2, 0.25) is 0 Å². The number of alkyl halides is 2. The number of hydrogen-bond donors (Lipinski definition) is 2. The lowest BCUT2D eigenvalue weighted by Gasteiger charge is -2.31. The third kappa shape index (κ3) is 5.25. The number of rotatable bonds is 7. The summed E-state index contributed by atoms with van der Waals surface area (Å²) in [5, 5.41) is 14.1.